The Morgan fingerprint density at radius 3 is 2.60 bits per heavy atom. The van der Waals surface area contributed by atoms with E-state index in [1.165, 1.54) is 18.4 Å². The first-order valence-corrected chi connectivity index (χ1v) is 8.50. The van der Waals surface area contributed by atoms with Crippen LogP contribution in [-0.2, 0) is 14.3 Å². The van der Waals surface area contributed by atoms with E-state index in [2.05, 4.69) is 10.3 Å². The van der Waals surface area contributed by atoms with Crippen LogP contribution in [0.1, 0.15) is 49.9 Å². The highest BCUT2D eigenvalue weighted by atomic mass is 32.1. The maximum Gasteiger partial charge on any atom is 0.355 e. The van der Waals surface area contributed by atoms with Crippen molar-refractivity contribution in [3.05, 3.63) is 44.9 Å². The fraction of sp³-hybridized carbons (Fsp3) is 0.353. The zero-order valence-electron chi connectivity index (χ0n) is 14.5. The number of ether oxygens (including phenoxy) is 2. The predicted octanol–water partition coefficient (Wildman–Crippen LogP) is 2.51. The lowest BCUT2D eigenvalue weighted by Gasteiger charge is -2.12. The van der Waals surface area contributed by atoms with Crippen LogP contribution in [0.15, 0.2) is 17.5 Å². The van der Waals surface area contributed by atoms with Crippen LogP contribution in [0.2, 0.25) is 0 Å². The molecule has 0 aromatic carbocycles. The quantitative estimate of drug-likeness (QED) is 0.768. The van der Waals surface area contributed by atoms with Crippen molar-refractivity contribution in [2.75, 3.05) is 13.7 Å². The van der Waals surface area contributed by atoms with Crippen LogP contribution in [-0.4, -0.2) is 36.5 Å². The fourth-order valence-electron chi connectivity index (χ4n) is 2.46. The van der Waals surface area contributed by atoms with Gasteiger partial charge in [-0.25, -0.2) is 9.59 Å². The number of esters is 2. The number of methoxy groups -OCH3 is 1. The van der Waals surface area contributed by atoms with Crippen molar-refractivity contribution in [3.8, 4) is 0 Å². The Kier molecular flexibility index (Phi) is 5.97. The third-order valence-corrected chi connectivity index (χ3v) is 4.77. The standard InChI is InChI=1S/C17H20N2O5S/c1-9-14(16(21)23-4)11(3)19-15(9)17(22)24-8-13(20)18-10(2)12-6-5-7-25-12/h5-7,10,19H,8H2,1-4H3,(H,18,20)/t10-/m1/s1. The molecule has 134 valence electrons. The Bertz CT molecular complexity index is 779. The number of aromatic amines is 1. The molecule has 7 nitrogen and oxygen atoms in total. The van der Waals surface area contributed by atoms with Crippen LogP contribution in [0.25, 0.3) is 0 Å². The van der Waals surface area contributed by atoms with E-state index in [9.17, 15) is 14.4 Å². The number of hydrogen-bond acceptors (Lipinski definition) is 6. The van der Waals surface area contributed by atoms with Crippen molar-refractivity contribution >= 4 is 29.2 Å². The Morgan fingerprint density at radius 2 is 2.00 bits per heavy atom. The SMILES string of the molecule is COC(=O)c1c(C)[nH]c(C(=O)OCC(=O)N[C@H](C)c2cccs2)c1C. The molecule has 8 heteroatoms. The lowest BCUT2D eigenvalue weighted by molar-refractivity contribution is -0.124. The first-order chi connectivity index (χ1) is 11.8. The molecule has 0 bridgehead atoms. The summed E-state index contributed by atoms with van der Waals surface area (Å²) in [4.78, 5) is 39.7. The van der Waals surface area contributed by atoms with Gasteiger partial charge in [0.05, 0.1) is 18.7 Å². The van der Waals surface area contributed by atoms with Crippen molar-refractivity contribution in [1.82, 2.24) is 10.3 Å². The number of H-pyrrole nitrogens is 1. The van der Waals surface area contributed by atoms with Crippen LogP contribution in [0.4, 0.5) is 0 Å². The minimum absolute atomic E-state index is 0.136. The number of rotatable bonds is 6. The van der Waals surface area contributed by atoms with E-state index in [4.69, 9.17) is 9.47 Å². The largest absolute Gasteiger partial charge is 0.465 e. The van der Waals surface area contributed by atoms with Gasteiger partial charge < -0.3 is 19.8 Å². The van der Waals surface area contributed by atoms with Gasteiger partial charge >= 0.3 is 11.9 Å². The second kappa shape index (κ2) is 7.98. The number of carbonyl (C=O) groups is 3. The Labute approximate surface area is 149 Å². The molecule has 25 heavy (non-hydrogen) atoms. The summed E-state index contributed by atoms with van der Waals surface area (Å²) in [5.74, 6) is -1.63. The molecular weight excluding hydrogens is 344 g/mol. The van der Waals surface area contributed by atoms with Crippen LogP contribution in [0, 0.1) is 13.8 Å². The summed E-state index contributed by atoms with van der Waals surface area (Å²) in [6.07, 6.45) is 0. The van der Waals surface area contributed by atoms with Gasteiger partial charge in [-0.05, 0) is 37.8 Å². The number of thiophene rings is 1. The van der Waals surface area contributed by atoms with E-state index in [0.717, 1.165) is 4.88 Å². The van der Waals surface area contributed by atoms with Gasteiger partial charge in [0.25, 0.3) is 5.91 Å². The number of nitrogens with one attached hydrogen (secondary N) is 2. The normalized spacial score (nSPS) is 11.7. The molecule has 0 aliphatic heterocycles. The van der Waals surface area contributed by atoms with Crippen molar-refractivity contribution in [2.24, 2.45) is 0 Å². The number of aryl methyl sites for hydroxylation is 1. The van der Waals surface area contributed by atoms with E-state index in [1.54, 1.807) is 13.8 Å². The van der Waals surface area contributed by atoms with E-state index >= 15 is 0 Å². The number of hydrogen-bond donors (Lipinski definition) is 2. The van der Waals surface area contributed by atoms with Gasteiger partial charge in [0, 0.05) is 10.6 Å². The molecule has 1 atom stereocenters. The van der Waals surface area contributed by atoms with E-state index in [-0.39, 0.29) is 11.7 Å². The number of amides is 1. The zero-order chi connectivity index (χ0) is 18.6. The summed E-state index contributed by atoms with van der Waals surface area (Å²) in [6.45, 7) is 4.73. The average molecular weight is 364 g/mol. The molecule has 2 heterocycles. The number of carbonyl (C=O) groups excluding carboxylic acids is 3. The molecule has 0 aliphatic carbocycles. The first kappa shape index (κ1) is 18.7. The summed E-state index contributed by atoms with van der Waals surface area (Å²) in [7, 11) is 1.27. The molecule has 0 fully saturated rings. The summed E-state index contributed by atoms with van der Waals surface area (Å²) < 4.78 is 9.73. The molecule has 0 saturated carbocycles. The maximum atomic E-state index is 12.2. The minimum atomic E-state index is -0.699. The van der Waals surface area contributed by atoms with Gasteiger partial charge in [-0.1, -0.05) is 6.07 Å². The summed E-state index contributed by atoms with van der Waals surface area (Å²) in [5, 5.41) is 4.68. The highest BCUT2D eigenvalue weighted by molar-refractivity contribution is 7.10. The van der Waals surface area contributed by atoms with Gasteiger partial charge in [-0.3, -0.25) is 4.79 Å². The van der Waals surface area contributed by atoms with Gasteiger partial charge in [0.15, 0.2) is 6.61 Å². The summed E-state index contributed by atoms with van der Waals surface area (Å²) in [5.41, 5.74) is 1.37. The van der Waals surface area contributed by atoms with Crippen molar-refractivity contribution in [2.45, 2.75) is 26.8 Å². The minimum Gasteiger partial charge on any atom is -0.465 e. The van der Waals surface area contributed by atoms with Gasteiger partial charge in [-0.15, -0.1) is 11.3 Å². The fourth-order valence-corrected chi connectivity index (χ4v) is 3.19. The third-order valence-electron chi connectivity index (χ3n) is 3.71. The molecule has 0 saturated heterocycles. The summed E-state index contributed by atoms with van der Waals surface area (Å²) in [6, 6.07) is 3.66. The van der Waals surface area contributed by atoms with E-state index in [0.29, 0.717) is 16.8 Å². The summed E-state index contributed by atoms with van der Waals surface area (Å²) >= 11 is 1.53. The third kappa shape index (κ3) is 4.27. The molecule has 0 radical (unpaired) electrons. The molecule has 2 aromatic heterocycles. The smallest absolute Gasteiger partial charge is 0.355 e. The average Bonchev–Trinajstić information content (AvgIpc) is 3.20. The first-order valence-electron chi connectivity index (χ1n) is 7.62. The Morgan fingerprint density at radius 1 is 1.28 bits per heavy atom. The molecule has 0 unspecified atom stereocenters. The molecule has 2 N–H and O–H groups in total. The maximum absolute atomic E-state index is 12.2. The molecular formula is C17H20N2O5S. The van der Waals surface area contributed by atoms with Crippen LogP contribution >= 0.6 is 11.3 Å². The van der Waals surface area contributed by atoms with Crippen LogP contribution < -0.4 is 5.32 Å². The molecule has 0 spiro atoms. The van der Waals surface area contributed by atoms with Crippen LogP contribution in [0.5, 0.6) is 0 Å². The van der Waals surface area contributed by atoms with Gasteiger partial charge in [0.1, 0.15) is 5.69 Å². The topological polar surface area (TPSA) is 97.5 Å². The van der Waals surface area contributed by atoms with Crippen molar-refractivity contribution in [3.63, 3.8) is 0 Å². The van der Waals surface area contributed by atoms with E-state index < -0.39 is 24.5 Å². The highest BCUT2D eigenvalue weighted by Gasteiger charge is 2.24. The van der Waals surface area contributed by atoms with E-state index in [1.807, 2.05) is 24.4 Å². The van der Waals surface area contributed by atoms with Gasteiger partial charge in [-0.2, -0.15) is 0 Å². The molecule has 0 aliphatic rings. The van der Waals surface area contributed by atoms with Gasteiger partial charge in [0.2, 0.25) is 0 Å². The lowest BCUT2D eigenvalue weighted by atomic mass is 10.1. The number of aromatic nitrogens is 1. The zero-order valence-corrected chi connectivity index (χ0v) is 15.3. The second-order valence-corrected chi connectivity index (χ2v) is 6.48. The monoisotopic (exact) mass is 364 g/mol. The lowest BCUT2D eigenvalue weighted by Crippen LogP contribution is -2.30. The molecule has 2 rings (SSSR count). The molecule has 2 aromatic rings. The second-order valence-electron chi connectivity index (χ2n) is 5.50. The molecule has 1 amide bonds. The predicted molar refractivity (Wildman–Crippen MR) is 92.8 cm³/mol. The van der Waals surface area contributed by atoms with Crippen molar-refractivity contribution in [1.29, 1.82) is 0 Å². The Balaban J connectivity index is 1.96. The van der Waals surface area contributed by atoms with Crippen LogP contribution in [0.3, 0.4) is 0 Å². The Hall–Kier alpha value is -2.61. The van der Waals surface area contributed by atoms with Crippen molar-refractivity contribution < 1.29 is 23.9 Å². The highest BCUT2D eigenvalue weighted by Crippen LogP contribution is 2.20.